The Kier molecular flexibility index (Phi) is 3.69. The van der Waals surface area contributed by atoms with Gasteiger partial charge in [-0.05, 0) is 43.5 Å². The van der Waals surface area contributed by atoms with E-state index in [1.54, 1.807) is 0 Å². The summed E-state index contributed by atoms with van der Waals surface area (Å²) < 4.78 is 1.37. The molecule has 3 rings (SSSR count). The molecule has 0 bridgehead atoms. The Labute approximate surface area is 121 Å². The van der Waals surface area contributed by atoms with Gasteiger partial charge in [0.15, 0.2) is 0 Å². The van der Waals surface area contributed by atoms with Crippen molar-refractivity contribution in [1.82, 2.24) is 5.32 Å². The van der Waals surface area contributed by atoms with Crippen LogP contribution in [0.15, 0.2) is 42.5 Å². The van der Waals surface area contributed by atoms with E-state index < -0.39 is 0 Å². The van der Waals surface area contributed by atoms with E-state index in [9.17, 15) is 0 Å². The van der Waals surface area contributed by atoms with Gasteiger partial charge in [-0.3, -0.25) is 0 Å². The Morgan fingerprint density at radius 3 is 2.68 bits per heavy atom. The molecule has 3 heteroatoms. The fraction of sp³-hybridized carbons (Fsp3) is 0.250. The molecule has 2 aromatic heterocycles. The van der Waals surface area contributed by atoms with Crippen LogP contribution in [0.3, 0.4) is 0 Å². The van der Waals surface area contributed by atoms with Gasteiger partial charge in [0.05, 0.1) is 0 Å². The van der Waals surface area contributed by atoms with Gasteiger partial charge in [0, 0.05) is 31.9 Å². The number of aryl methyl sites for hydroxylation is 1. The zero-order valence-corrected chi connectivity index (χ0v) is 12.8. The van der Waals surface area contributed by atoms with Gasteiger partial charge in [-0.15, -0.1) is 22.7 Å². The number of rotatable bonds is 4. The lowest BCUT2D eigenvalue weighted by Crippen LogP contribution is -2.16. The van der Waals surface area contributed by atoms with Gasteiger partial charge < -0.3 is 5.32 Å². The van der Waals surface area contributed by atoms with E-state index in [2.05, 4.69) is 61.6 Å². The van der Waals surface area contributed by atoms with Crippen LogP contribution in [0.1, 0.15) is 27.6 Å². The molecule has 0 saturated carbocycles. The first-order valence-corrected chi connectivity index (χ1v) is 8.13. The zero-order valence-electron chi connectivity index (χ0n) is 11.1. The van der Waals surface area contributed by atoms with Gasteiger partial charge in [0.2, 0.25) is 0 Å². The highest BCUT2D eigenvalue weighted by Gasteiger charge is 2.09. The molecule has 0 saturated heterocycles. The van der Waals surface area contributed by atoms with E-state index in [1.165, 1.54) is 24.7 Å². The van der Waals surface area contributed by atoms with Crippen molar-refractivity contribution in [3.63, 3.8) is 0 Å². The van der Waals surface area contributed by atoms with Crippen molar-refractivity contribution in [2.24, 2.45) is 0 Å². The number of hydrogen-bond acceptors (Lipinski definition) is 3. The van der Waals surface area contributed by atoms with Crippen molar-refractivity contribution < 1.29 is 0 Å². The van der Waals surface area contributed by atoms with Crippen LogP contribution < -0.4 is 5.32 Å². The molecular formula is C16H17NS2. The Hall–Kier alpha value is -1.16. The molecule has 0 spiro atoms. The zero-order chi connectivity index (χ0) is 13.2. The number of hydrogen-bond donors (Lipinski definition) is 1. The van der Waals surface area contributed by atoms with Gasteiger partial charge in [-0.25, -0.2) is 0 Å². The SMILES string of the molecule is Cc1ccc(CNC(C)c2cc3ccccc3s2)s1. The molecule has 0 radical (unpaired) electrons. The smallest absolute Gasteiger partial charge is 0.0389 e. The van der Waals surface area contributed by atoms with Crippen LogP contribution in [0.2, 0.25) is 0 Å². The molecule has 1 atom stereocenters. The van der Waals surface area contributed by atoms with Crippen molar-refractivity contribution in [2.45, 2.75) is 26.4 Å². The van der Waals surface area contributed by atoms with Gasteiger partial charge in [0.1, 0.15) is 0 Å². The number of nitrogens with one attached hydrogen (secondary N) is 1. The molecular weight excluding hydrogens is 270 g/mol. The molecule has 1 N–H and O–H groups in total. The maximum absolute atomic E-state index is 3.61. The summed E-state index contributed by atoms with van der Waals surface area (Å²) in [6, 6.07) is 15.7. The van der Waals surface area contributed by atoms with Crippen LogP contribution in [0, 0.1) is 6.92 Å². The Bertz CT molecular complexity index is 648. The lowest BCUT2D eigenvalue weighted by Gasteiger charge is -2.10. The molecule has 0 amide bonds. The molecule has 1 nitrogen and oxygen atoms in total. The Morgan fingerprint density at radius 1 is 1.11 bits per heavy atom. The standard InChI is InChI=1S/C16H17NS2/c1-11-7-8-14(18-11)10-17-12(2)16-9-13-5-3-4-6-15(13)19-16/h3-9,12,17H,10H2,1-2H3. The highest BCUT2D eigenvalue weighted by molar-refractivity contribution is 7.19. The topological polar surface area (TPSA) is 12.0 Å². The third-order valence-electron chi connectivity index (χ3n) is 3.25. The summed E-state index contributed by atoms with van der Waals surface area (Å²) in [6.45, 7) is 5.35. The van der Waals surface area contributed by atoms with Gasteiger partial charge >= 0.3 is 0 Å². The summed E-state index contributed by atoms with van der Waals surface area (Å²) in [5, 5.41) is 4.96. The Balaban J connectivity index is 1.71. The molecule has 1 unspecified atom stereocenters. The first-order valence-electron chi connectivity index (χ1n) is 6.49. The second-order valence-corrected chi connectivity index (χ2v) is 7.29. The average Bonchev–Trinajstić information content (AvgIpc) is 3.01. The molecule has 0 aliphatic heterocycles. The third-order valence-corrected chi connectivity index (χ3v) is 5.55. The average molecular weight is 287 g/mol. The highest BCUT2D eigenvalue weighted by Crippen LogP contribution is 2.29. The predicted octanol–water partition coefficient (Wildman–Crippen LogP) is 5.12. The third kappa shape index (κ3) is 2.89. The van der Waals surface area contributed by atoms with Crippen molar-refractivity contribution >= 4 is 32.8 Å². The molecule has 98 valence electrons. The molecule has 3 aromatic rings. The second-order valence-electron chi connectivity index (χ2n) is 4.80. The van der Waals surface area contributed by atoms with Gasteiger partial charge in [-0.2, -0.15) is 0 Å². The van der Waals surface area contributed by atoms with E-state index in [-0.39, 0.29) is 0 Å². The quantitative estimate of drug-likeness (QED) is 0.702. The molecule has 0 aliphatic carbocycles. The Morgan fingerprint density at radius 2 is 1.95 bits per heavy atom. The fourth-order valence-corrected chi connectivity index (χ4v) is 4.08. The first-order chi connectivity index (χ1) is 9.22. The van der Waals surface area contributed by atoms with E-state index >= 15 is 0 Å². The van der Waals surface area contributed by atoms with Crippen molar-refractivity contribution in [3.8, 4) is 0 Å². The second kappa shape index (κ2) is 5.45. The molecule has 19 heavy (non-hydrogen) atoms. The predicted molar refractivity (Wildman–Crippen MR) is 86.1 cm³/mol. The summed E-state index contributed by atoms with van der Waals surface area (Å²) in [5.74, 6) is 0. The van der Waals surface area contributed by atoms with E-state index in [1.807, 2.05) is 22.7 Å². The normalized spacial score (nSPS) is 12.9. The van der Waals surface area contributed by atoms with Gasteiger partial charge in [-0.1, -0.05) is 18.2 Å². The van der Waals surface area contributed by atoms with Crippen LogP contribution in [0.5, 0.6) is 0 Å². The highest BCUT2D eigenvalue weighted by atomic mass is 32.1. The minimum absolute atomic E-state index is 0.403. The molecule has 0 aliphatic rings. The van der Waals surface area contributed by atoms with Crippen LogP contribution in [-0.4, -0.2) is 0 Å². The summed E-state index contributed by atoms with van der Waals surface area (Å²) in [5.41, 5.74) is 0. The number of thiophene rings is 2. The summed E-state index contributed by atoms with van der Waals surface area (Å²) in [7, 11) is 0. The number of benzene rings is 1. The minimum atomic E-state index is 0.403. The van der Waals surface area contributed by atoms with Crippen LogP contribution in [0.4, 0.5) is 0 Å². The van der Waals surface area contributed by atoms with Crippen molar-refractivity contribution in [3.05, 3.63) is 57.1 Å². The summed E-state index contributed by atoms with van der Waals surface area (Å²) in [6.07, 6.45) is 0. The van der Waals surface area contributed by atoms with E-state index in [0.717, 1.165) is 6.54 Å². The minimum Gasteiger partial charge on any atom is -0.305 e. The fourth-order valence-electron chi connectivity index (χ4n) is 2.15. The van der Waals surface area contributed by atoms with E-state index in [4.69, 9.17) is 0 Å². The van der Waals surface area contributed by atoms with Crippen LogP contribution in [0.25, 0.3) is 10.1 Å². The molecule has 0 fully saturated rings. The lowest BCUT2D eigenvalue weighted by molar-refractivity contribution is 0.587. The molecule has 2 heterocycles. The van der Waals surface area contributed by atoms with E-state index in [0.29, 0.717) is 6.04 Å². The van der Waals surface area contributed by atoms with Gasteiger partial charge in [0.25, 0.3) is 0 Å². The maximum atomic E-state index is 3.61. The van der Waals surface area contributed by atoms with Crippen molar-refractivity contribution in [1.29, 1.82) is 0 Å². The van der Waals surface area contributed by atoms with Crippen molar-refractivity contribution in [2.75, 3.05) is 0 Å². The number of fused-ring (bicyclic) bond motifs is 1. The monoisotopic (exact) mass is 287 g/mol. The van der Waals surface area contributed by atoms with Crippen LogP contribution in [-0.2, 0) is 6.54 Å². The maximum Gasteiger partial charge on any atom is 0.0389 e. The lowest BCUT2D eigenvalue weighted by atomic mass is 10.2. The largest absolute Gasteiger partial charge is 0.305 e. The first kappa shape index (κ1) is 12.9. The molecule has 1 aromatic carbocycles. The summed E-state index contributed by atoms with van der Waals surface area (Å²) in [4.78, 5) is 4.20. The van der Waals surface area contributed by atoms with Crippen LogP contribution >= 0.6 is 22.7 Å². The summed E-state index contributed by atoms with van der Waals surface area (Å²) >= 11 is 3.76.